The van der Waals surface area contributed by atoms with Crippen LogP contribution in [0.1, 0.15) is 41.9 Å². The molecule has 0 aliphatic carbocycles. The average molecular weight is 334 g/mol. The average Bonchev–Trinajstić information content (AvgIpc) is 3.05. The molecule has 1 N–H and O–H groups in total. The number of carbonyl (C=O) groups excluding carboxylic acids is 1. The van der Waals surface area contributed by atoms with Gasteiger partial charge in [-0.25, -0.2) is 13.8 Å². The van der Waals surface area contributed by atoms with Gasteiger partial charge in [-0.2, -0.15) is 0 Å². The van der Waals surface area contributed by atoms with Crippen LogP contribution in [-0.2, 0) is 0 Å². The lowest BCUT2D eigenvalue weighted by molar-refractivity contribution is 0.0374. The number of halogens is 2. The first kappa shape index (κ1) is 15.5. The van der Waals surface area contributed by atoms with Crippen LogP contribution in [-0.4, -0.2) is 57.9 Å². The standard InChI is InChI=1S/C17H20F2N4O/c18-15(19)16-20-13-6-3-5-12(14(13)21-16)17(24)23-9-8-22-7-2-1-4-11(22)10-23/h3,5-6,11,15H,1-2,4,7-10H2,(H,20,21). The molecule has 0 radical (unpaired) electrons. The normalized spacial score (nSPS) is 22.1. The topological polar surface area (TPSA) is 52.2 Å². The summed E-state index contributed by atoms with van der Waals surface area (Å²) in [6.45, 7) is 3.38. The van der Waals surface area contributed by atoms with Gasteiger partial charge in [0.25, 0.3) is 12.3 Å². The Morgan fingerprint density at radius 3 is 2.96 bits per heavy atom. The number of hydrogen-bond donors (Lipinski definition) is 1. The highest BCUT2D eigenvalue weighted by Crippen LogP contribution is 2.26. The molecule has 2 aliphatic heterocycles. The molecule has 2 aliphatic rings. The number of aromatic nitrogens is 2. The van der Waals surface area contributed by atoms with Crippen molar-refractivity contribution in [2.75, 3.05) is 26.2 Å². The van der Waals surface area contributed by atoms with Crippen molar-refractivity contribution in [2.45, 2.75) is 31.7 Å². The SMILES string of the molecule is O=C(c1cccc2[nH]c(C(F)F)nc12)N1CCN2CCCCC2C1. The molecule has 5 nitrogen and oxygen atoms in total. The molecule has 7 heteroatoms. The fraction of sp³-hybridized carbons (Fsp3) is 0.529. The zero-order chi connectivity index (χ0) is 16.7. The van der Waals surface area contributed by atoms with E-state index in [1.54, 1.807) is 18.2 Å². The number of para-hydroxylation sites is 1. The Balaban J connectivity index is 1.61. The Labute approximate surface area is 138 Å². The summed E-state index contributed by atoms with van der Waals surface area (Å²) >= 11 is 0. The van der Waals surface area contributed by atoms with Gasteiger partial charge in [-0.1, -0.05) is 12.5 Å². The third kappa shape index (κ3) is 2.66. The van der Waals surface area contributed by atoms with Gasteiger partial charge in [0.15, 0.2) is 5.82 Å². The van der Waals surface area contributed by atoms with E-state index in [0.717, 1.165) is 19.5 Å². The monoisotopic (exact) mass is 334 g/mol. The molecule has 1 unspecified atom stereocenters. The fourth-order valence-electron chi connectivity index (χ4n) is 3.84. The molecule has 1 aromatic carbocycles. The van der Waals surface area contributed by atoms with Crippen molar-refractivity contribution >= 4 is 16.9 Å². The Hall–Kier alpha value is -2.02. The number of piperazine rings is 1. The van der Waals surface area contributed by atoms with Crippen LogP contribution in [0.2, 0.25) is 0 Å². The zero-order valence-corrected chi connectivity index (χ0v) is 13.3. The van der Waals surface area contributed by atoms with Gasteiger partial charge in [0.05, 0.1) is 11.1 Å². The third-order valence-corrected chi connectivity index (χ3v) is 5.09. The maximum absolute atomic E-state index is 12.9. The smallest absolute Gasteiger partial charge is 0.295 e. The lowest BCUT2D eigenvalue weighted by Gasteiger charge is -2.44. The van der Waals surface area contributed by atoms with Crippen LogP contribution in [0.15, 0.2) is 18.2 Å². The first-order valence-corrected chi connectivity index (χ1v) is 8.43. The minimum atomic E-state index is -2.67. The van der Waals surface area contributed by atoms with Gasteiger partial charge in [0.1, 0.15) is 5.52 Å². The lowest BCUT2D eigenvalue weighted by Crippen LogP contribution is -2.56. The van der Waals surface area contributed by atoms with E-state index < -0.39 is 6.43 Å². The van der Waals surface area contributed by atoms with Crippen LogP contribution < -0.4 is 0 Å². The predicted octanol–water partition coefficient (Wildman–Crippen LogP) is 2.81. The van der Waals surface area contributed by atoms with E-state index in [9.17, 15) is 13.6 Å². The summed E-state index contributed by atoms with van der Waals surface area (Å²) in [6, 6.07) is 5.48. The molecule has 2 fully saturated rings. The number of imidazole rings is 1. The van der Waals surface area contributed by atoms with Crippen LogP contribution in [0.3, 0.4) is 0 Å². The molecule has 2 saturated heterocycles. The molecule has 0 bridgehead atoms. The molecule has 3 heterocycles. The first-order valence-electron chi connectivity index (χ1n) is 8.43. The van der Waals surface area contributed by atoms with Crippen molar-refractivity contribution in [3.05, 3.63) is 29.6 Å². The molecular formula is C17H20F2N4O. The van der Waals surface area contributed by atoms with E-state index in [0.29, 0.717) is 35.7 Å². The highest BCUT2D eigenvalue weighted by atomic mass is 19.3. The van der Waals surface area contributed by atoms with Crippen LogP contribution in [0.5, 0.6) is 0 Å². The molecular weight excluding hydrogens is 314 g/mol. The van der Waals surface area contributed by atoms with Crippen LogP contribution >= 0.6 is 0 Å². The van der Waals surface area contributed by atoms with Crippen molar-refractivity contribution in [1.82, 2.24) is 19.8 Å². The molecule has 4 rings (SSSR count). The minimum Gasteiger partial charge on any atom is -0.337 e. The van der Waals surface area contributed by atoms with E-state index in [2.05, 4.69) is 14.9 Å². The van der Waals surface area contributed by atoms with E-state index in [-0.39, 0.29) is 11.7 Å². The number of rotatable bonds is 2. The minimum absolute atomic E-state index is 0.113. The number of H-pyrrole nitrogens is 1. The third-order valence-electron chi connectivity index (χ3n) is 5.09. The number of alkyl halides is 2. The van der Waals surface area contributed by atoms with Crippen LogP contribution in [0, 0.1) is 0 Å². The number of hydrogen-bond acceptors (Lipinski definition) is 3. The molecule has 1 aromatic heterocycles. The van der Waals surface area contributed by atoms with Crippen molar-refractivity contribution in [3.8, 4) is 0 Å². The summed E-state index contributed by atoms with van der Waals surface area (Å²) in [5.74, 6) is -0.500. The molecule has 2 aromatic rings. The summed E-state index contributed by atoms with van der Waals surface area (Å²) in [5.41, 5.74) is 1.22. The Bertz CT molecular complexity index is 760. The second kappa shape index (κ2) is 6.12. The Morgan fingerprint density at radius 1 is 1.25 bits per heavy atom. The predicted molar refractivity (Wildman–Crippen MR) is 86.2 cm³/mol. The van der Waals surface area contributed by atoms with Gasteiger partial charge in [-0.05, 0) is 31.5 Å². The van der Waals surface area contributed by atoms with Crippen LogP contribution in [0.25, 0.3) is 11.0 Å². The van der Waals surface area contributed by atoms with Crippen molar-refractivity contribution < 1.29 is 13.6 Å². The Kier molecular flexibility index (Phi) is 3.96. The fourth-order valence-corrected chi connectivity index (χ4v) is 3.84. The highest BCUT2D eigenvalue weighted by Gasteiger charge is 2.32. The summed E-state index contributed by atoms with van der Waals surface area (Å²) in [7, 11) is 0. The van der Waals surface area contributed by atoms with Gasteiger partial charge in [0.2, 0.25) is 0 Å². The van der Waals surface area contributed by atoms with E-state index in [4.69, 9.17) is 0 Å². The maximum atomic E-state index is 12.9. The number of amides is 1. The van der Waals surface area contributed by atoms with Gasteiger partial charge >= 0.3 is 0 Å². The highest BCUT2D eigenvalue weighted by molar-refractivity contribution is 6.05. The van der Waals surface area contributed by atoms with Gasteiger partial charge in [-0.15, -0.1) is 0 Å². The quantitative estimate of drug-likeness (QED) is 0.919. The number of aromatic amines is 1. The van der Waals surface area contributed by atoms with Crippen molar-refractivity contribution in [2.24, 2.45) is 0 Å². The summed E-state index contributed by atoms with van der Waals surface area (Å²) in [4.78, 5) is 23.8. The molecule has 0 saturated carbocycles. The van der Waals surface area contributed by atoms with E-state index >= 15 is 0 Å². The van der Waals surface area contributed by atoms with Crippen LogP contribution in [0.4, 0.5) is 8.78 Å². The van der Waals surface area contributed by atoms with Gasteiger partial charge < -0.3 is 9.88 Å². The van der Waals surface area contributed by atoms with Gasteiger partial charge in [0, 0.05) is 25.7 Å². The molecule has 1 atom stereocenters. The lowest BCUT2D eigenvalue weighted by atomic mass is 9.99. The zero-order valence-electron chi connectivity index (χ0n) is 13.3. The number of nitrogens with one attached hydrogen (secondary N) is 1. The van der Waals surface area contributed by atoms with E-state index in [1.807, 2.05) is 4.90 Å². The number of nitrogens with zero attached hydrogens (tertiary/aromatic N) is 3. The number of benzene rings is 1. The first-order chi connectivity index (χ1) is 11.6. The Morgan fingerprint density at radius 2 is 2.12 bits per heavy atom. The largest absolute Gasteiger partial charge is 0.337 e. The number of fused-ring (bicyclic) bond motifs is 2. The van der Waals surface area contributed by atoms with Crippen molar-refractivity contribution in [3.63, 3.8) is 0 Å². The number of carbonyl (C=O) groups is 1. The molecule has 0 spiro atoms. The molecule has 24 heavy (non-hydrogen) atoms. The molecule has 1 amide bonds. The molecule has 128 valence electrons. The summed E-state index contributed by atoms with van der Waals surface area (Å²) < 4.78 is 25.8. The summed E-state index contributed by atoms with van der Waals surface area (Å²) in [5, 5.41) is 0. The van der Waals surface area contributed by atoms with E-state index in [1.165, 1.54) is 12.8 Å². The van der Waals surface area contributed by atoms with Crippen molar-refractivity contribution in [1.29, 1.82) is 0 Å². The second-order valence-corrected chi connectivity index (χ2v) is 6.56. The number of piperidine rings is 1. The summed E-state index contributed by atoms with van der Waals surface area (Å²) in [6.07, 6.45) is 0.876. The second-order valence-electron chi connectivity index (χ2n) is 6.56. The van der Waals surface area contributed by atoms with Gasteiger partial charge in [-0.3, -0.25) is 9.69 Å². The maximum Gasteiger partial charge on any atom is 0.295 e.